The number of hydrogen-bond donors (Lipinski definition) is 0. The second-order valence-electron chi connectivity index (χ2n) is 8.71. The third-order valence-corrected chi connectivity index (χ3v) is 9.69. The Bertz CT molecular complexity index is 1370. The summed E-state index contributed by atoms with van der Waals surface area (Å²) in [6, 6.07) is 6.47. The quantitative estimate of drug-likeness (QED) is 0.458. The van der Waals surface area contributed by atoms with Crippen LogP contribution in [0.25, 0.3) is 0 Å². The van der Waals surface area contributed by atoms with E-state index >= 15 is 0 Å². The fourth-order valence-electron chi connectivity index (χ4n) is 4.22. The second kappa shape index (κ2) is 10.6. The Morgan fingerprint density at radius 1 is 1.03 bits per heavy atom. The Balaban J connectivity index is 1.76. The van der Waals surface area contributed by atoms with Gasteiger partial charge in [0.15, 0.2) is 19.7 Å². The van der Waals surface area contributed by atoms with E-state index in [0.29, 0.717) is 6.07 Å². The Morgan fingerprint density at radius 2 is 1.65 bits per heavy atom. The highest BCUT2D eigenvalue weighted by Gasteiger charge is 2.37. The van der Waals surface area contributed by atoms with E-state index in [2.05, 4.69) is 4.74 Å². The molecule has 0 aliphatic carbocycles. The highest BCUT2D eigenvalue weighted by molar-refractivity contribution is 7.92. The van der Waals surface area contributed by atoms with Crippen LogP contribution in [0.2, 0.25) is 0 Å². The van der Waals surface area contributed by atoms with Crippen molar-refractivity contribution in [3.05, 3.63) is 53.6 Å². The zero-order valence-corrected chi connectivity index (χ0v) is 21.3. The minimum atomic E-state index is -4.70. The number of nitrogens with zero attached hydrogens (tertiary/aromatic N) is 1. The van der Waals surface area contributed by atoms with E-state index < -0.39 is 70.6 Å². The number of amides is 1. The number of rotatable bonds is 7. The first-order chi connectivity index (χ1) is 17.0. The number of carbonyl (C=O) groups is 1. The van der Waals surface area contributed by atoms with Crippen LogP contribution in [0.5, 0.6) is 5.75 Å². The van der Waals surface area contributed by atoms with Crippen LogP contribution in [-0.2, 0) is 25.9 Å². The third-order valence-electron chi connectivity index (χ3n) is 6.28. The van der Waals surface area contributed by atoms with Crippen molar-refractivity contribution in [2.24, 2.45) is 5.92 Å². The standard InChI is InChI=1S/C23H24F5NO6S2/c1-14(37(33,34)18-5-3-4-16(12-18)23(26,27)28)15-8-10-29(11-9-15)21(30)19-7-6-17(35-22(24)25)13-20(19)36(2,31)32/h3-7,12-15,22H,8-11H2,1-2H3/t14-/m1/s1. The normalized spacial score (nSPS) is 16.6. The first kappa shape index (κ1) is 28.8. The van der Waals surface area contributed by atoms with Gasteiger partial charge in [-0.25, -0.2) is 16.8 Å². The number of likely N-dealkylation sites (tertiary alicyclic amines) is 1. The van der Waals surface area contributed by atoms with Gasteiger partial charge in [0.1, 0.15) is 5.75 Å². The van der Waals surface area contributed by atoms with Crippen LogP contribution in [0.1, 0.15) is 35.7 Å². The molecule has 1 amide bonds. The molecule has 7 nitrogen and oxygen atoms in total. The molecular weight excluding hydrogens is 545 g/mol. The Morgan fingerprint density at radius 3 is 2.19 bits per heavy atom. The summed E-state index contributed by atoms with van der Waals surface area (Å²) >= 11 is 0. The molecular formula is C23H24F5NO6S2. The molecule has 1 atom stereocenters. The molecule has 1 heterocycles. The van der Waals surface area contributed by atoms with Gasteiger partial charge >= 0.3 is 12.8 Å². The first-order valence-electron chi connectivity index (χ1n) is 11.0. The average Bonchev–Trinajstić information content (AvgIpc) is 2.82. The minimum absolute atomic E-state index is 0.0600. The summed E-state index contributed by atoms with van der Waals surface area (Å²) in [4.78, 5) is 13.5. The summed E-state index contributed by atoms with van der Waals surface area (Å²) in [7, 11) is -8.11. The van der Waals surface area contributed by atoms with Gasteiger partial charge < -0.3 is 9.64 Å². The lowest BCUT2D eigenvalue weighted by molar-refractivity contribution is -0.137. The smallest absolute Gasteiger partial charge is 0.416 e. The second-order valence-corrected chi connectivity index (χ2v) is 13.0. The molecule has 1 aliphatic heterocycles. The maximum absolute atomic E-state index is 13.1. The van der Waals surface area contributed by atoms with Crippen molar-refractivity contribution in [2.75, 3.05) is 19.3 Å². The number of hydrogen-bond acceptors (Lipinski definition) is 6. The van der Waals surface area contributed by atoms with Crippen LogP contribution in [0, 0.1) is 5.92 Å². The van der Waals surface area contributed by atoms with Crippen LogP contribution >= 0.6 is 0 Å². The van der Waals surface area contributed by atoms with E-state index in [1.807, 2.05) is 0 Å². The molecule has 0 radical (unpaired) electrons. The summed E-state index contributed by atoms with van der Waals surface area (Å²) in [5.74, 6) is -1.59. The molecule has 204 valence electrons. The predicted molar refractivity (Wildman–Crippen MR) is 123 cm³/mol. The average molecular weight is 570 g/mol. The van der Waals surface area contributed by atoms with Crippen LogP contribution < -0.4 is 4.74 Å². The lowest BCUT2D eigenvalue weighted by atomic mass is 9.93. The molecule has 0 unspecified atom stereocenters. The van der Waals surface area contributed by atoms with Gasteiger partial charge in [0.25, 0.3) is 5.91 Å². The zero-order valence-electron chi connectivity index (χ0n) is 19.7. The maximum atomic E-state index is 13.1. The summed E-state index contributed by atoms with van der Waals surface area (Å²) in [5.41, 5.74) is -1.32. The monoisotopic (exact) mass is 569 g/mol. The number of alkyl halides is 5. The van der Waals surface area contributed by atoms with Gasteiger partial charge in [-0.3, -0.25) is 4.79 Å². The van der Waals surface area contributed by atoms with Gasteiger partial charge in [-0.2, -0.15) is 22.0 Å². The van der Waals surface area contributed by atoms with Crippen molar-refractivity contribution < 1.29 is 48.3 Å². The maximum Gasteiger partial charge on any atom is 0.416 e. The predicted octanol–water partition coefficient (Wildman–Crippen LogP) is 4.42. The van der Waals surface area contributed by atoms with Crippen LogP contribution in [-0.4, -0.2) is 58.8 Å². The molecule has 2 aromatic rings. The Kier molecular flexibility index (Phi) is 8.22. The van der Waals surface area contributed by atoms with Crippen molar-refractivity contribution in [3.63, 3.8) is 0 Å². The molecule has 1 saturated heterocycles. The minimum Gasteiger partial charge on any atom is -0.435 e. The lowest BCUT2D eigenvalue weighted by Crippen LogP contribution is -2.42. The lowest BCUT2D eigenvalue weighted by Gasteiger charge is -2.35. The number of halogens is 5. The van der Waals surface area contributed by atoms with Gasteiger partial charge in [-0.1, -0.05) is 6.07 Å². The van der Waals surface area contributed by atoms with Crippen molar-refractivity contribution in [2.45, 2.75) is 47.6 Å². The Hall–Kier alpha value is -2.74. The summed E-state index contributed by atoms with van der Waals surface area (Å²) < 4.78 is 119. The molecule has 14 heteroatoms. The van der Waals surface area contributed by atoms with E-state index in [1.54, 1.807) is 0 Å². The van der Waals surface area contributed by atoms with Crippen molar-refractivity contribution in [1.82, 2.24) is 4.90 Å². The van der Waals surface area contributed by atoms with E-state index in [9.17, 15) is 43.6 Å². The summed E-state index contributed by atoms with van der Waals surface area (Å²) in [6.45, 7) is -1.67. The zero-order chi connectivity index (χ0) is 27.8. The number of carbonyl (C=O) groups excluding carboxylic acids is 1. The summed E-state index contributed by atoms with van der Waals surface area (Å²) in [6.07, 6.45) is -3.48. The molecule has 1 fully saturated rings. The fraction of sp³-hybridized carbons (Fsp3) is 0.435. The van der Waals surface area contributed by atoms with Gasteiger partial charge in [0.2, 0.25) is 0 Å². The largest absolute Gasteiger partial charge is 0.435 e. The van der Waals surface area contributed by atoms with Crippen molar-refractivity contribution in [1.29, 1.82) is 0 Å². The molecule has 0 aromatic heterocycles. The SMILES string of the molecule is C[C@H](C1CCN(C(=O)c2ccc(OC(F)F)cc2S(C)(=O)=O)CC1)S(=O)(=O)c1cccc(C(F)(F)F)c1. The van der Waals surface area contributed by atoms with Gasteiger partial charge in [-0.05, 0) is 62.1 Å². The molecule has 0 saturated carbocycles. The van der Waals surface area contributed by atoms with Crippen LogP contribution in [0.4, 0.5) is 22.0 Å². The molecule has 0 bridgehead atoms. The van der Waals surface area contributed by atoms with E-state index in [4.69, 9.17) is 0 Å². The van der Waals surface area contributed by atoms with Gasteiger partial charge in [0.05, 0.1) is 26.2 Å². The Labute approximate surface area is 211 Å². The summed E-state index contributed by atoms with van der Waals surface area (Å²) in [5, 5.41) is -1.04. The highest BCUT2D eigenvalue weighted by Crippen LogP contribution is 2.34. The number of piperidine rings is 1. The van der Waals surface area contributed by atoms with Gasteiger partial charge in [-0.15, -0.1) is 0 Å². The van der Waals surface area contributed by atoms with E-state index in [0.717, 1.165) is 42.7 Å². The molecule has 0 N–H and O–H groups in total. The number of ether oxygens (including phenoxy) is 1. The van der Waals surface area contributed by atoms with Crippen LogP contribution in [0.15, 0.2) is 52.3 Å². The molecule has 2 aromatic carbocycles. The van der Waals surface area contributed by atoms with Crippen molar-refractivity contribution >= 4 is 25.6 Å². The van der Waals surface area contributed by atoms with Crippen molar-refractivity contribution in [3.8, 4) is 5.75 Å². The third kappa shape index (κ3) is 6.58. The topological polar surface area (TPSA) is 97.8 Å². The van der Waals surface area contributed by atoms with Crippen LogP contribution in [0.3, 0.4) is 0 Å². The van der Waals surface area contributed by atoms with Gasteiger partial charge in [0, 0.05) is 19.3 Å². The molecule has 1 aliphatic rings. The number of sulfone groups is 2. The molecule has 0 spiro atoms. The fourth-order valence-corrected chi connectivity index (χ4v) is 6.87. The number of benzene rings is 2. The molecule has 37 heavy (non-hydrogen) atoms. The molecule has 3 rings (SSSR count). The van der Waals surface area contributed by atoms with E-state index in [1.165, 1.54) is 11.8 Å². The first-order valence-corrected chi connectivity index (χ1v) is 14.4. The van der Waals surface area contributed by atoms with E-state index in [-0.39, 0.29) is 31.5 Å². The highest BCUT2D eigenvalue weighted by atomic mass is 32.2.